The SMILES string of the molecule is C[C@@H](OC(=O)CN(C)C1=NS(=O)(=O)c2ccccc21)C(=O)NC1CC1. The Kier molecular flexibility index (Phi) is 4.51. The van der Waals surface area contributed by atoms with E-state index in [1.165, 1.54) is 17.9 Å². The molecule has 134 valence electrons. The third-order valence-corrected chi connectivity index (χ3v) is 5.27. The van der Waals surface area contributed by atoms with Gasteiger partial charge in [-0.1, -0.05) is 12.1 Å². The van der Waals surface area contributed by atoms with E-state index in [2.05, 4.69) is 9.71 Å². The van der Waals surface area contributed by atoms with Gasteiger partial charge in [0.15, 0.2) is 11.9 Å². The molecule has 0 unspecified atom stereocenters. The van der Waals surface area contributed by atoms with E-state index in [0.29, 0.717) is 5.56 Å². The van der Waals surface area contributed by atoms with Crippen molar-refractivity contribution in [2.45, 2.75) is 36.8 Å². The topological polar surface area (TPSA) is 105 Å². The van der Waals surface area contributed by atoms with E-state index >= 15 is 0 Å². The predicted octanol–water partition coefficient (Wildman–Crippen LogP) is 0.278. The second-order valence-corrected chi connectivity index (χ2v) is 7.73. The molecular formula is C16H19N3O5S. The van der Waals surface area contributed by atoms with Crippen LogP contribution in [0.15, 0.2) is 33.6 Å². The summed E-state index contributed by atoms with van der Waals surface area (Å²) in [6, 6.07) is 6.60. The van der Waals surface area contributed by atoms with Gasteiger partial charge in [0.25, 0.3) is 15.9 Å². The molecule has 0 saturated heterocycles. The van der Waals surface area contributed by atoms with Crippen molar-refractivity contribution < 1.29 is 22.7 Å². The number of benzene rings is 1. The van der Waals surface area contributed by atoms with Crippen LogP contribution in [0.4, 0.5) is 0 Å². The van der Waals surface area contributed by atoms with Crippen molar-refractivity contribution in [3.05, 3.63) is 29.8 Å². The van der Waals surface area contributed by atoms with Crippen LogP contribution in [0.3, 0.4) is 0 Å². The highest BCUT2D eigenvalue weighted by atomic mass is 32.2. The molecule has 1 amide bonds. The summed E-state index contributed by atoms with van der Waals surface area (Å²) in [7, 11) is -2.20. The number of sulfonamides is 1. The predicted molar refractivity (Wildman–Crippen MR) is 89.5 cm³/mol. The Morgan fingerprint density at radius 2 is 2.04 bits per heavy atom. The molecule has 1 fully saturated rings. The molecule has 0 aromatic heterocycles. The number of fused-ring (bicyclic) bond motifs is 1. The highest BCUT2D eigenvalue weighted by Crippen LogP contribution is 2.26. The van der Waals surface area contributed by atoms with Gasteiger partial charge in [0.1, 0.15) is 11.4 Å². The van der Waals surface area contributed by atoms with Crippen LogP contribution in [-0.2, 0) is 24.3 Å². The van der Waals surface area contributed by atoms with Crippen molar-refractivity contribution in [1.82, 2.24) is 10.2 Å². The van der Waals surface area contributed by atoms with Gasteiger partial charge < -0.3 is 15.0 Å². The van der Waals surface area contributed by atoms with E-state index < -0.39 is 22.1 Å². The quantitative estimate of drug-likeness (QED) is 0.752. The number of carbonyl (C=O) groups excluding carboxylic acids is 2. The fraction of sp³-hybridized carbons (Fsp3) is 0.438. The number of hydrogen-bond acceptors (Lipinski definition) is 6. The largest absolute Gasteiger partial charge is 0.451 e. The van der Waals surface area contributed by atoms with Gasteiger partial charge in [0, 0.05) is 18.7 Å². The summed E-state index contributed by atoms with van der Waals surface area (Å²) < 4.78 is 32.9. The van der Waals surface area contributed by atoms with E-state index in [0.717, 1.165) is 12.8 Å². The zero-order chi connectivity index (χ0) is 18.2. The van der Waals surface area contributed by atoms with Crippen LogP contribution in [-0.4, -0.2) is 56.8 Å². The lowest BCUT2D eigenvalue weighted by Gasteiger charge is -2.19. The molecule has 0 spiro atoms. The zero-order valence-corrected chi connectivity index (χ0v) is 14.7. The van der Waals surface area contributed by atoms with Crippen LogP contribution in [0.5, 0.6) is 0 Å². The number of amides is 1. The van der Waals surface area contributed by atoms with Gasteiger partial charge in [-0.3, -0.25) is 9.59 Å². The Morgan fingerprint density at radius 3 is 2.72 bits per heavy atom. The third-order valence-electron chi connectivity index (χ3n) is 3.94. The van der Waals surface area contributed by atoms with Gasteiger partial charge in [-0.05, 0) is 31.9 Å². The molecule has 1 aromatic carbocycles. The minimum Gasteiger partial charge on any atom is -0.451 e. The maximum atomic E-state index is 12.1. The van der Waals surface area contributed by atoms with Crippen molar-refractivity contribution in [3.63, 3.8) is 0 Å². The van der Waals surface area contributed by atoms with E-state index in [1.54, 1.807) is 25.2 Å². The highest BCUT2D eigenvalue weighted by Gasteiger charge is 2.32. The number of ether oxygens (including phenoxy) is 1. The number of carbonyl (C=O) groups is 2. The number of nitrogens with one attached hydrogen (secondary N) is 1. The Balaban J connectivity index is 1.63. The molecule has 8 nitrogen and oxygen atoms in total. The number of nitrogens with zero attached hydrogens (tertiary/aromatic N) is 2. The first-order chi connectivity index (χ1) is 11.8. The van der Waals surface area contributed by atoms with Crippen LogP contribution in [0.25, 0.3) is 0 Å². The van der Waals surface area contributed by atoms with Gasteiger partial charge in [0.05, 0.1) is 0 Å². The number of esters is 1. The fourth-order valence-electron chi connectivity index (χ4n) is 2.47. The molecule has 25 heavy (non-hydrogen) atoms. The van der Waals surface area contributed by atoms with Crippen molar-refractivity contribution in [2.24, 2.45) is 4.40 Å². The van der Waals surface area contributed by atoms with E-state index in [-0.39, 0.29) is 29.2 Å². The lowest BCUT2D eigenvalue weighted by molar-refractivity contribution is -0.154. The summed E-state index contributed by atoms with van der Waals surface area (Å²) in [6.45, 7) is 1.28. The average Bonchev–Trinajstić information content (AvgIpc) is 3.31. The number of likely N-dealkylation sites (N-methyl/N-ethyl adjacent to an activating group) is 1. The lowest BCUT2D eigenvalue weighted by Crippen LogP contribution is -2.40. The molecule has 1 aliphatic carbocycles. The first kappa shape index (κ1) is 17.4. The van der Waals surface area contributed by atoms with Gasteiger partial charge in [0.2, 0.25) is 0 Å². The van der Waals surface area contributed by atoms with Gasteiger partial charge in [-0.25, -0.2) is 0 Å². The summed E-state index contributed by atoms with van der Waals surface area (Å²) in [5.41, 5.74) is 0.442. The molecule has 1 N–H and O–H groups in total. The molecule has 3 rings (SSSR count). The van der Waals surface area contributed by atoms with Crippen LogP contribution < -0.4 is 5.32 Å². The molecule has 1 saturated carbocycles. The van der Waals surface area contributed by atoms with E-state index in [4.69, 9.17) is 4.74 Å². The molecule has 2 aliphatic rings. The Labute approximate surface area is 145 Å². The van der Waals surface area contributed by atoms with Crippen LogP contribution in [0, 0.1) is 0 Å². The summed E-state index contributed by atoms with van der Waals surface area (Å²) >= 11 is 0. The number of rotatable bonds is 5. The lowest BCUT2D eigenvalue weighted by atomic mass is 10.2. The molecule has 1 atom stereocenters. The summed E-state index contributed by atoms with van der Waals surface area (Å²) in [6.07, 6.45) is 0.995. The first-order valence-electron chi connectivity index (χ1n) is 7.93. The molecular weight excluding hydrogens is 346 g/mol. The summed E-state index contributed by atoms with van der Waals surface area (Å²) in [5.74, 6) is -0.780. The van der Waals surface area contributed by atoms with Crippen molar-refractivity contribution in [3.8, 4) is 0 Å². The van der Waals surface area contributed by atoms with Crippen LogP contribution >= 0.6 is 0 Å². The number of amidine groups is 1. The van der Waals surface area contributed by atoms with E-state index in [9.17, 15) is 18.0 Å². The Hall–Kier alpha value is -2.42. The third kappa shape index (κ3) is 3.81. The molecule has 1 heterocycles. The zero-order valence-electron chi connectivity index (χ0n) is 13.9. The molecule has 0 radical (unpaired) electrons. The minimum atomic E-state index is -3.75. The summed E-state index contributed by atoms with van der Waals surface area (Å²) in [4.78, 5) is 25.4. The minimum absolute atomic E-state index is 0.113. The van der Waals surface area contributed by atoms with Crippen molar-refractivity contribution in [2.75, 3.05) is 13.6 Å². The standard InChI is InChI=1S/C16H19N3O5S/c1-10(16(21)17-11-7-8-11)24-14(20)9-19(2)15-12-5-3-4-6-13(12)25(22,23)18-15/h3-6,10-11H,7-9H2,1-2H3,(H,17,21)/t10-/m1/s1. The monoisotopic (exact) mass is 365 g/mol. The van der Waals surface area contributed by atoms with Gasteiger partial charge >= 0.3 is 5.97 Å². The first-order valence-corrected chi connectivity index (χ1v) is 9.37. The molecule has 0 bridgehead atoms. The molecule has 9 heteroatoms. The fourth-order valence-corrected chi connectivity index (χ4v) is 3.72. The van der Waals surface area contributed by atoms with Crippen molar-refractivity contribution >= 4 is 27.7 Å². The molecule has 1 aromatic rings. The van der Waals surface area contributed by atoms with E-state index in [1.807, 2.05) is 0 Å². The normalized spacial score (nSPS) is 18.7. The van der Waals surface area contributed by atoms with Gasteiger partial charge in [-0.15, -0.1) is 4.40 Å². The second-order valence-electron chi connectivity index (χ2n) is 6.16. The Bertz CT molecular complexity index is 845. The smallest absolute Gasteiger partial charge is 0.326 e. The molecule has 1 aliphatic heterocycles. The van der Waals surface area contributed by atoms with Gasteiger partial charge in [-0.2, -0.15) is 8.42 Å². The van der Waals surface area contributed by atoms with Crippen LogP contribution in [0.2, 0.25) is 0 Å². The van der Waals surface area contributed by atoms with Crippen LogP contribution in [0.1, 0.15) is 25.3 Å². The second kappa shape index (κ2) is 6.47. The summed E-state index contributed by atoms with van der Waals surface area (Å²) in [5, 5.41) is 2.76. The number of hydrogen-bond donors (Lipinski definition) is 1. The maximum absolute atomic E-state index is 12.1. The average molecular weight is 365 g/mol. The van der Waals surface area contributed by atoms with Crippen molar-refractivity contribution in [1.29, 1.82) is 0 Å². The maximum Gasteiger partial charge on any atom is 0.326 e. The Morgan fingerprint density at radius 1 is 1.36 bits per heavy atom. The highest BCUT2D eigenvalue weighted by molar-refractivity contribution is 7.90.